The van der Waals surface area contributed by atoms with Gasteiger partial charge in [0.05, 0.1) is 17.6 Å². The van der Waals surface area contributed by atoms with E-state index in [1.807, 2.05) is 46.5 Å². The van der Waals surface area contributed by atoms with Gasteiger partial charge in [0.2, 0.25) is 0 Å². The number of rotatable bonds is 6. The molecule has 138 valence electrons. The van der Waals surface area contributed by atoms with Crippen LogP contribution in [-0.2, 0) is 6.54 Å². The van der Waals surface area contributed by atoms with E-state index < -0.39 is 0 Å². The molecule has 0 fully saturated rings. The molecule has 0 aliphatic rings. The first kappa shape index (κ1) is 17.7. The maximum atomic E-state index is 12.7. The molecule has 0 saturated carbocycles. The number of pyridine rings is 1. The van der Waals surface area contributed by atoms with E-state index >= 15 is 0 Å². The first-order chi connectivity index (χ1) is 13.8. The van der Waals surface area contributed by atoms with E-state index in [2.05, 4.69) is 25.3 Å². The highest BCUT2D eigenvalue weighted by Gasteiger charge is 2.13. The molecule has 4 aromatic heterocycles. The summed E-state index contributed by atoms with van der Waals surface area (Å²) >= 11 is 1.37. The molecule has 0 aromatic carbocycles. The number of hydrogen-bond donors (Lipinski definition) is 1. The van der Waals surface area contributed by atoms with Gasteiger partial charge in [-0.05, 0) is 42.0 Å². The number of anilines is 1. The fourth-order valence-corrected chi connectivity index (χ4v) is 3.27. The van der Waals surface area contributed by atoms with Gasteiger partial charge < -0.3 is 4.57 Å². The van der Waals surface area contributed by atoms with Crippen molar-refractivity contribution in [3.8, 4) is 0 Å². The highest BCUT2D eigenvalue weighted by atomic mass is 32.1. The Morgan fingerprint density at radius 1 is 1.07 bits per heavy atom. The maximum absolute atomic E-state index is 12.7. The summed E-state index contributed by atoms with van der Waals surface area (Å²) in [4.78, 5) is 29.3. The first-order valence-corrected chi connectivity index (χ1v) is 9.41. The minimum Gasteiger partial charge on any atom is -0.339 e. The lowest BCUT2D eigenvalue weighted by Crippen LogP contribution is -2.17. The number of thiazole rings is 1. The Hall–Kier alpha value is -3.65. The van der Waals surface area contributed by atoms with Gasteiger partial charge in [0, 0.05) is 42.9 Å². The molecule has 0 aliphatic carbocycles. The van der Waals surface area contributed by atoms with Crippen LogP contribution in [0, 0.1) is 0 Å². The molecule has 7 nitrogen and oxygen atoms in total. The van der Waals surface area contributed by atoms with Crippen LogP contribution in [-0.4, -0.2) is 30.4 Å². The van der Waals surface area contributed by atoms with Gasteiger partial charge in [-0.15, -0.1) is 11.3 Å². The topological polar surface area (TPSA) is 85.6 Å². The van der Waals surface area contributed by atoms with Crippen LogP contribution in [0.3, 0.4) is 0 Å². The van der Waals surface area contributed by atoms with Crippen LogP contribution in [0.1, 0.15) is 27.4 Å². The summed E-state index contributed by atoms with van der Waals surface area (Å²) in [6.45, 7) is 0.599. The van der Waals surface area contributed by atoms with Crippen molar-refractivity contribution < 1.29 is 4.79 Å². The Labute approximate surface area is 165 Å². The zero-order valence-electron chi connectivity index (χ0n) is 14.8. The van der Waals surface area contributed by atoms with Gasteiger partial charge in [0.15, 0.2) is 5.13 Å². The molecule has 0 spiro atoms. The van der Waals surface area contributed by atoms with Crippen LogP contribution in [0.15, 0.2) is 66.8 Å². The fourth-order valence-electron chi connectivity index (χ4n) is 2.59. The molecule has 1 amide bonds. The lowest BCUT2D eigenvalue weighted by atomic mass is 10.2. The Morgan fingerprint density at radius 2 is 1.93 bits per heavy atom. The average molecular weight is 388 g/mol. The number of carbonyl (C=O) groups excluding carboxylic acids is 1. The van der Waals surface area contributed by atoms with Crippen LogP contribution in [0.4, 0.5) is 5.13 Å². The third-order valence-electron chi connectivity index (χ3n) is 3.91. The summed E-state index contributed by atoms with van der Waals surface area (Å²) in [5.74, 6) is -0.196. The molecular formula is C20H16N6OS. The Kier molecular flexibility index (Phi) is 5.30. The van der Waals surface area contributed by atoms with Crippen LogP contribution in [0.2, 0.25) is 0 Å². The van der Waals surface area contributed by atoms with Crippen molar-refractivity contribution >= 4 is 34.5 Å². The van der Waals surface area contributed by atoms with Crippen molar-refractivity contribution in [2.45, 2.75) is 6.54 Å². The number of nitrogens with zero attached hydrogens (tertiary/aromatic N) is 5. The molecule has 0 saturated heterocycles. The molecule has 0 radical (unpaired) electrons. The lowest BCUT2D eigenvalue weighted by Gasteiger charge is -2.08. The number of amides is 1. The number of carbonyl (C=O) groups is 1. The SMILES string of the molecule is O=C(Nc1nc(/C=C/c2cnccn2)cs1)c1cccn1Cc1ccncc1. The Bertz CT molecular complexity index is 1090. The molecule has 8 heteroatoms. The summed E-state index contributed by atoms with van der Waals surface area (Å²) in [5, 5.41) is 5.28. The Balaban J connectivity index is 1.43. The van der Waals surface area contributed by atoms with Crippen molar-refractivity contribution in [1.29, 1.82) is 0 Å². The van der Waals surface area contributed by atoms with Gasteiger partial charge in [-0.3, -0.25) is 25.1 Å². The third-order valence-corrected chi connectivity index (χ3v) is 4.69. The highest BCUT2D eigenvalue weighted by Crippen LogP contribution is 2.18. The lowest BCUT2D eigenvalue weighted by molar-refractivity contribution is 0.101. The number of aromatic nitrogens is 5. The first-order valence-electron chi connectivity index (χ1n) is 8.53. The molecular weight excluding hydrogens is 372 g/mol. The van der Waals surface area contributed by atoms with E-state index in [9.17, 15) is 4.79 Å². The van der Waals surface area contributed by atoms with Crippen molar-refractivity contribution in [2.75, 3.05) is 5.32 Å². The van der Waals surface area contributed by atoms with Gasteiger partial charge in [-0.2, -0.15) is 0 Å². The van der Waals surface area contributed by atoms with Crippen LogP contribution in [0.5, 0.6) is 0 Å². The van der Waals surface area contributed by atoms with E-state index in [0.717, 1.165) is 17.0 Å². The highest BCUT2D eigenvalue weighted by molar-refractivity contribution is 7.14. The summed E-state index contributed by atoms with van der Waals surface area (Å²) in [5.41, 5.74) is 3.14. The van der Waals surface area contributed by atoms with Gasteiger partial charge in [-0.25, -0.2) is 4.98 Å². The van der Waals surface area contributed by atoms with Gasteiger partial charge in [-0.1, -0.05) is 0 Å². The molecule has 4 rings (SSSR count). The second-order valence-electron chi connectivity index (χ2n) is 5.87. The average Bonchev–Trinajstić information content (AvgIpc) is 3.37. The van der Waals surface area contributed by atoms with E-state index in [-0.39, 0.29) is 5.91 Å². The largest absolute Gasteiger partial charge is 0.339 e. The summed E-state index contributed by atoms with van der Waals surface area (Å²) in [7, 11) is 0. The third kappa shape index (κ3) is 4.36. The summed E-state index contributed by atoms with van der Waals surface area (Å²) < 4.78 is 1.90. The zero-order valence-corrected chi connectivity index (χ0v) is 15.6. The molecule has 4 aromatic rings. The van der Waals surface area contributed by atoms with Crippen molar-refractivity contribution in [1.82, 2.24) is 24.5 Å². The molecule has 0 bridgehead atoms. The van der Waals surface area contributed by atoms with Gasteiger partial charge >= 0.3 is 0 Å². The number of nitrogens with one attached hydrogen (secondary N) is 1. The molecule has 28 heavy (non-hydrogen) atoms. The molecule has 0 aliphatic heterocycles. The second-order valence-corrected chi connectivity index (χ2v) is 6.73. The number of hydrogen-bond acceptors (Lipinski definition) is 6. The molecule has 0 unspecified atom stereocenters. The van der Waals surface area contributed by atoms with Crippen molar-refractivity contribution in [2.24, 2.45) is 0 Å². The van der Waals surface area contributed by atoms with E-state index in [4.69, 9.17) is 0 Å². The van der Waals surface area contributed by atoms with E-state index in [0.29, 0.717) is 17.4 Å². The smallest absolute Gasteiger partial charge is 0.274 e. The van der Waals surface area contributed by atoms with Crippen LogP contribution in [0.25, 0.3) is 12.2 Å². The van der Waals surface area contributed by atoms with Crippen molar-refractivity contribution in [3.63, 3.8) is 0 Å². The normalized spacial score (nSPS) is 11.0. The standard InChI is InChI=1S/C20H16N6OS/c27-19(18-2-1-11-26(18)13-15-5-7-21-8-6-15)25-20-24-17(14-28-20)4-3-16-12-22-9-10-23-16/h1-12,14H,13H2,(H,24,25,27)/b4-3+. The summed E-state index contributed by atoms with van der Waals surface area (Å²) in [6.07, 6.45) is 13.9. The minimum atomic E-state index is -0.196. The monoisotopic (exact) mass is 388 g/mol. The molecule has 4 heterocycles. The van der Waals surface area contributed by atoms with Gasteiger partial charge in [0.1, 0.15) is 5.69 Å². The van der Waals surface area contributed by atoms with Crippen molar-refractivity contribution in [3.05, 3.63) is 89.5 Å². The minimum absolute atomic E-state index is 0.196. The predicted octanol–water partition coefficient (Wildman–Crippen LogP) is 3.60. The molecule has 1 N–H and O–H groups in total. The summed E-state index contributed by atoms with van der Waals surface area (Å²) in [6, 6.07) is 7.50. The predicted molar refractivity (Wildman–Crippen MR) is 109 cm³/mol. The van der Waals surface area contributed by atoms with Gasteiger partial charge in [0.25, 0.3) is 5.91 Å². The molecule has 0 atom stereocenters. The zero-order chi connectivity index (χ0) is 19.2. The fraction of sp³-hybridized carbons (Fsp3) is 0.0500. The van der Waals surface area contributed by atoms with E-state index in [1.54, 1.807) is 37.1 Å². The maximum Gasteiger partial charge on any atom is 0.274 e. The van der Waals surface area contributed by atoms with Crippen LogP contribution >= 0.6 is 11.3 Å². The van der Waals surface area contributed by atoms with E-state index in [1.165, 1.54) is 11.3 Å². The Morgan fingerprint density at radius 3 is 2.75 bits per heavy atom. The van der Waals surface area contributed by atoms with Crippen LogP contribution < -0.4 is 5.32 Å². The second kappa shape index (κ2) is 8.36. The quantitative estimate of drug-likeness (QED) is 0.545.